The Morgan fingerprint density at radius 1 is 1.11 bits per heavy atom. The minimum atomic E-state index is 0.340. The smallest absolute Gasteiger partial charge is 0.177 e. The fourth-order valence-electron chi connectivity index (χ4n) is 3.84. The van der Waals surface area contributed by atoms with Crippen LogP contribution in [0.4, 0.5) is 17.2 Å². The van der Waals surface area contributed by atoms with Crippen molar-refractivity contribution in [3.8, 4) is 0 Å². The maximum Gasteiger partial charge on any atom is 0.177 e. The van der Waals surface area contributed by atoms with E-state index in [1.54, 1.807) is 6.20 Å². The van der Waals surface area contributed by atoms with Gasteiger partial charge < -0.3 is 21.4 Å². The number of aromatic nitrogens is 4. The summed E-state index contributed by atoms with van der Waals surface area (Å²) in [5, 5.41) is 12.9. The van der Waals surface area contributed by atoms with Crippen LogP contribution in [0.2, 0.25) is 0 Å². The highest BCUT2D eigenvalue weighted by atomic mass is 15.3. The number of fused-ring (bicyclic) bond motifs is 2. The number of rotatable bonds is 4. The molecule has 0 bridgehead atoms. The molecule has 7 heteroatoms. The molecule has 0 aliphatic heterocycles. The summed E-state index contributed by atoms with van der Waals surface area (Å²) in [6.07, 6.45) is 9.88. The summed E-state index contributed by atoms with van der Waals surface area (Å²) in [4.78, 5) is 7.67. The number of nitrogens with two attached hydrogens (primary N) is 1. The van der Waals surface area contributed by atoms with Gasteiger partial charge in [0.25, 0.3) is 0 Å². The molecule has 3 aromatic heterocycles. The maximum absolute atomic E-state index is 6.02. The van der Waals surface area contributed by atoms with Gasteiger partial charge in [-0.25, -0.2) is 9.50 Å². The Kier molecular flexibility index (Phi) is 3.94. The van der Waals surface area contributed by atoms with Gasteiger partial charge in [0.05, 0.1) is 5.69 Å². The number of nitrogens with one attached hydrogen (secondary N) is 3. The van der Waals surface area contributed by atoms with Crippen LogP contribution in [0.3, 0.4) is 0 Å². The van der Waals surface area contributed by atoms with E-state index < -0.39 is 0 Å². The van der Waals surface area contributed by atoms with Gasteiger partial charge in [-0.1, -0.05) is 0 Å². The number of imidazole rings is 1. The molecule has 0 radical (unpaired) electrons. The van der Waals surface area contributed by atoms with Crippen LogP contribution in [-0.4, -0.2) is 31.7 Å². The van der Waals surface area contributed by atoms with Crippen LogP contribution in [0.25, 0.3) is 16.6 Å². The van der Waals surface area contributed by atoms with Crippen molar-refractivity contribution in [2.45, 2.75) is 37.8 Å². The molecule has 3 heterocycles. The van der Waals surface area contributed by atoms with Crippen LogP contribution in [0, 0.1) is 0 Å². The van der Waals surface area contributed by atoms with E-state index >= 15 is 0 Å². The minimum Gasteiger partial charge on any atom is -0.366 e. The molecule has 4 aromatic rings. The number of nitrogens with zero attached hydrogens (tertiary/aromatic N) is 3. The molecule has 0 spiro atoms. The molecule has 5 rings (SSSR count). The summed E-state index contributed by atoms with van der Waals surface area (Å²) >= 11 is 0. The second-order valence-corrected chi connectivity index (χ2v) is 7.30. The van der Waals surface area contributed by atoms with Gasteiger partial charge in [-0.05, 0) is 49.9 Å². The number of anilines is 3. The van der Waals surface area contributed by atoms with E-state index in [0.29, 0.717) is 12.1 Å². The molecular weight excluding hydrogens is 338 g/mol. The van der Waals surface area contributed by atoms with Crippen LogP contribution in [0.1, 0.15) is 25.7 Å². The predicted octanol–water partition coefficient (Wildman–Crippen LogP) is 3.64. The Labute approximate surface area is 157 Å². The van der Waals surface area contributed by atoms with E-state index in [4.69, 9.17) is 5.73 Å². The van der Waals surface area contributed by atoms with Crippen LogP contribution in [0.5, 0.6) is 0 Å². The SMILES string of the molecule is NC1CCC(Nc2cc(Nc3ccc4[nH]ccc4c3)c3nccn3n2)CC1. The molecule has 1 aliphatic rings. The summed E-state index contributed by atoms with van der Waals surface area (Å²) in [6.45, 7) is 0. The fourth-order valence-corrected chi connectivity index (χ4v) is 3.84. The first kappa shape index (κ1) is 16.1. The molecule has 138 valence electrons. The molecule has 0 unspecified atom stereocenters. The standard InChI is InChI=1S/C20H23N7/c21-14-1-3-15(4-2-14)25-19-12-18(20-23-9-10-27(20)26-19)24-16-5-6-17-13(11-16)7-8-22-17/h5-12,14-15,22,24H,1-4,21H2,(H,25,26). The lowest BCUT2D eigenvalue weighted by Gasteiger charge is -2.27. The first-order valence-electron chi connectivity index (χ1n) is 9.45. The highest BCUT2D eigenvalue weighted by molar-refractivity contribution is 5.85. The van der Waals surface area contributed by atoms with Crippen molar-refractivity contribution in [3.63, 3.8) is 0 Å². The molecule has 27 heavy (non-hydrogen) atoms. The average Bonchev–Trinajstić information content (AvgIpc) is 3.32. The molecule has 1 aliphatic carbocycles. The van der Waals surface area contributed by atoms with Crippen LogP contribution < -0.4 is 16.4 Å². The largest absolute Gasteiger partial charge is 0.366 e. The molecule has 7 nitrogen and oxygen atoms in total. The summed E-state index contributed by atoms with van der Waals surface area (Å²) in [7, 11) is 0. The third kappa shape index (κ3) is 3.21. The molecule has 1 fully saturated rings. The number of aromatic amines is 1. The summed E-state index contributed by atoms with van der Waals surface area (Å²) < 4.78 is 1.81. The van der Waals surface area contributed by atoms with Crippen LogP contribution >= 0.6 is 0 Å². The Hall–Kier alpha value is -3.06. The van der Waals surface area contributed by atoms with E-state index in [1.165, 1.54) is 5.39 Å². The monoisotopic (exact) mass is 361 g/mol. The van der Waals surface area contributed by atoms with Gasteiger partial charge in [-0.3, -0.25) is 0 Å². The summed E-state index contributed by atoms with van der Waals surface area (Å²) in [6, 6.07) is 11.1. The van der Waals surface area contributed by atoms with E-state index in [0.717, 1.165) is 54.0 Å². The normalized spacial score (nSPS) is 20.2. The molecule has 5 N–H and O–H groups in total. The first-order valence-corrected chi connectivity index (χ1v) is 9.45. The van der Waals surface area contributed by atoms with Gasteiger partial charge in [-0.15, -0.1) is 5.10 Å². The summed E-state index contributed by atoms with van der Waals surface area (Å²) in [5.74, 6) is 0.853. The van der Waals surface area contributed by atoms with Crippen molar-refractivity contribution in [3.05, 3.63) is 48.9 Å². The lowest BCUT2D eigenvalue weighted by Crippen LogP contribution is -2.33. The topological polar surface area (TPSA) is 96.1 Å². The second kappa shape index (κ2) is 6.59. The highest BCUT2D eigenvalue weighted by Crippen LogP contribution is 2.27. The summed E-state index contributed by atoms with van der Waals surface area (Å²) in [5.41, 5.74) is 9.91. The van der Waals surface area contributed by atoms with Crippen molar-refractivity contribution < 1.29 is 0 Å². The first-order chi connectivity index (χ1) is 13.2. The van der Waals surface area contributed by atoms with E-state index in [1.807, 2.05) is 23.0 Å². The van der Waals surface area contributed by atoms with Gasteiger partial charge in [0.15, 0.2) is 5.65 Å². The Morgan fingerprint density at radius 2 is 2.00 bits per heavy atom. The quantitative estimate of drug-likeness (QED) is 0.445. The van der Waals surface area contributed by atoms with Crippen molar-refractivity contribution >= 4 is 33.7 Å². The van der Waals surface area contributed by atoms with Crippen LogP contribution in [0.15, 0.2) is 48.9 Å². The average molecular weight is 361 g/mol. The molecule has 0 amide bonds. The Balaban J connectivity index is 1.44. The molecule has 1 aromatic carbocycles. The van der Waals surface area contributed by atoms with Gasteiger partial charge in [-0.2, -0.15) is 0 Å². The van der Waals surface area contributed by atoms with Gasteiger partial charge >= 0.3 is 0 Å². The third-order valence-corrected chi connectivity index (χ3v) is 5.32. The fraction of sp³-hybridized carbons (Fsp3) is 0.300. The minimum absolute atomic E-state index is 0.340. The van der Waals surface area contributed by atoms with E-state index in [-0.39, 0.29) is 0 Å². The predicted molar refractivity (Wildman–Crippen MR) is 108 cm³/mol. The number of hydrogen-bond donors (Lipinski definition) is 4. The molecule has 1 saturated carbocycles. The van der Waals surface area contributed by atoms with Gasteiger partial charge in [0, 0.05) is 53.3 Å². The van der Waals surface area contributed by atoms with E-state index in [2.05, 4.69) is 50.0 Å². The maximum atomic E-state index is 6.02. The molecule has 0 saturated heterocycles. The number of hydrogen-bond acceptors (Lipinski definition) is 5. The Bertz CT molecular complexity index is 1070. The molecule has 0 atom stereocenters. The second-order valence-electron chi connectivity index (χ2n) is 7.30. The zero-order chi connectivity index (χ0) is 18.2. The zero-order valence-electron chi connectivity index (χ0n) is 15.0. The Morgan fingerprint density at radius 3 is 2.89 bits per heavy atom. The van der Waals surface area contributed by atoms with Crippen molar-refractivity contribution in [2.24, 2.45) is 5.73 Å². The molecular formula is C20H23N7. The third-order valence-electron chi connectivity index (χ3n) is 5.32. The zero-order valence-corrected chi connectivity index (χ0v) is 15.0. The van der Waals surface area contributed by atoms with Crippen molar-refractivity contribution in [1.29, 1.82) is 0 Å². The number of benzene rings is 1. The lowest BCUT2D eigenvalue weighted by atomic mass is 9.92. The van der Waals surface area contributed by atoms with Gasteiger partial charge in [0.2, 0.25) is 0 Å². The lowest BCUT2D eigenvalue weighted by molar-refractivity contribution is 0.410. The number of H-pyrrole nitrogens is 1. The van der Waals surface area contributed by atoms with Crippen molar-refractivity contribution in [2.75, 3.05) is 10.6 Å². The highest BCUT2D eigenvalue weighted by Gasteiger charge is 2.19. The van der Waals surface area contributed by atoms with Crippen LogP contribution in [-0.2, 0) is 0 Å². The van der Waals surface area contributed by atoms with Crippen molar-refractivity contribution in [1.82, 2.24) is 19.6 Å². The van der Waals surface area contributed by atoms with E-state index in [9.17, 15) is 0 Å². The van der Waals surface area contributed by atoms with Gasteiger partial charge in [0.1, 0.15) is 5.82 Å².